The molecule has 0 saturated heterocycles. The van der Waals surface area contributed by atoms with Crippen molar-refractivity contribution in [3.05, 3.63) is 48.6 Å². The second-order valence-corrected chi connectivity index (χ2v) is 5.31. The first-order chi connectivity index (χ1) is 9.81. The SMILES string of the molecule is Cc1c(Cl)nnc(Oc2cc(Cl)c(Cl)cc2[N+](=O)[O-])c1C. The lowest BCUT2D eigenvalue weighted by Crippen LogP contribution is -2.00. The monoisotopic (exact) mass is 347 g/mol. The van der Waals surface area contributed by atoms with E-state index in [2.05, 4.69) is 10.2 Å². The zero-order valence-electron chi connectivity index (χ0n) is 10.9. The van der Waals surface area contributed by atoms with Crippen LogP contribution in [0.2, 0.25) is 15.2 Å². The van der Waals surface area contributed by atoms with Crippen LogP contribution < -0.4 is 4.74 Å². The molecule has 0 unspecified atom stereocenters. The van der Waals surface area contributed by atoms with Crippen molar-refractivity contribution in [2.75, 3.05) is 0 Å². The van der Waals surface area contributed by atoms with E-state index in [9.17, 15) is 10.1 Å². The van der Waals surface area contributed by atoms with Crippen LogP contribution in [0.1, 0.15) is 11.1 Å². The fraction of sp³-hybridized carbons (Fsp3) is 0.167. The quantitative estimate of drug-likeness (QED) is 0.590. The average molecular weight is 349 g/mol. The van der Waals surface area contributed by atoms with Crippen molar-refractivity contribution in [2.45, 2.75) is 13.8 Å². The fourth-order valence-corrected chi connectivity index (χ4v) is 1.99. The molecular formula is C12H8Cl3N3O3. The fourth-order valence-electron chi connectivity index (χ4n) is 1.50. The Bertz CT molecular complexity index is 737. The molecule has 0 aliphatic rings. The Morgan fingerprint density at radius 1 is 1.10 bits per heavy atom. The molecule has 0 amide bonds. The molecule has 0 saturated carbocycles. The van der Waals surface area contributed by atoms with Crippen LogP contribution in [-0.2, 0) is 0 Å². The zero-order valence-corrected chi connectivity index (χ0v) is 13.1. The summed E-state index contributed by atoms with van der Waals surface area (Å²) in [5, 5.41) is 19.0. The van der Waals surface area contributed by atoms with Crippen LogP contribution in [0.25, 0.3) is 0 Å². The third kappa shape index (κ3) is 3.18. The smallest absolute Gasteiger partial charge is 0.313 e. The highest BCUT2D eigenvalue weighted by atomic mass is 35.5. The first kappa shape index (κ1) is 15.8. The second-order valence-electron chi connectivity index (χ2n) is 4.14. The molecule has 0 atom stereocenters. The highest BCUT2D eigenvalue weighted by Gasteiger charge is 2.21. The number of ether oxygens (including phenoxy) is 1. The van der Waals surface area contributed by atoms with E-state index >= 15 is 0 Å². The number of hydrogen-bond donors (Lipinski definition) is 0. The third-order valence-corrected chi connectivity index (χ3v) is 3.91. The van der Waals surface area contributed by atoms with Gasteiger partial charge in [0.25, 0.3) is 0 Å². The summed E-state index contributed by atoms with van der Waals surface area (Å²) in [4.78, 5) is 10.4. The number of nitrogens with zero attached hydrogens (tertiary/aromatic N) is 3. The van der Waals surface area contributed by atoms with Crippen LogP contribution in [0.4, 0.5) is 5.69 Å². The summed E-state index contributed by atoms with van der Waals surface area (Å²) in [6.45, 7) is 3.46. The van der Waals surface area contributed by atoms with Crippen molar-refractivity contribution in [3.8, 4) is 11.6 Å². The van der Waals surface area contributed by atoms with Crippen molar-refractivity contribution in [1.29, 1.82) is 0 Å². The average Bonchev–Trinajstić information content (AvgIpc) is 2.43. The van der Waals surface area contributed by atoms with Crippen LogP contribution in [0, 0.1) is 24.0 Å². The van der Waals surface area contributed by atoms with Crippen LogP contribution in [0.3, 0.4) is 0 Å². The van der Waals surface area contributed by atoms with Gasteiger partial charge in [-0.15, -0.1) is 10.2 Å². The first-order valence-electron chi connectivity index (χ1n) is 5.62. The Hall–Kier alpha value is -1.63. The van der Waals surface area contributed by atoms with Crippen molar-refractivity contribution in [3.63, 3.8) is 0 Å². The molecule has 2 aromatic rings. The minimum atomic E-state index is -0.622. The summed E-state index contributed by atoms with van der Waals surface area (Å²) in [7, 11) is 0. The van der Waals surface area contributed by atoms with Crippen LogP contribution in [-0.4, -0.2) is 15.1 Å². The van der Waals surface area contributed by atoms with E-state index in [1.165, 1.54) is 6.07 Å². The molecule has 110 valence electrons. The summed E-state index contributed by atoms with van der Waals surface area (Å²) in [5.41, 5.74) is 0.970. The molecule has 6 nitrogen and oxygen atoms in total. The maximum absolute atomic E-state index is 11.0. The zero-order chi connectivity index (χ0) is 15.7. The van der Waals surface area contributed by atoms with E-state index in [0.717, 1.165) is 6.07 Å². The Kier molecular flexibility index (Phi) is 4.51. The van der Waals surface area contributed by atoms with Gasteiger partial charge in [-0.25, -0.2) is 0 Å². The molecule has 1 aromatic carbocycles. The van der Waals surface area contributed by atoms with Gasteiger partial charge >= 0.3 is 5.69 Å². The van der Waals surface area contributed by atoms with E-state index in [-0.39, 0.29) is 32.5 Å². The highest BCUT2D eigenvalue weighted by molar-refractivity contribution is 6.42. The molecule has 1 heterocycles. The van der Waals surface area contributed by atoms with Gasteiger partial charge in [-0.1, -0.05) is 34.8 Å². The van der Waals surface area contributed by atoms with Gasteiger partial charge in [0.2, 0.25) is 11.6 Å². The van der Waals surface area contributed by atoms with Gasteiger partial charge < -0.3 is 4.74 Å². The van der Waals surface area contributed by atoms with E-state index < -0.39 is 4.92 Å². The molecule has 0 N–H and O–H groups in total. The number of benzene rings is 1. The Balaban J connectivity index is 2.51. The Morgan fingerprint density at radius 3 is 2.33 bits per heavy atom. The first-order valence-corrected chi connectivity index (χ1v) is 6.75. The maximum Gasteiger partial charge on any atom is 0.313 e. The molecule has 0 aliphatic heterocycles. The normalized spacial score (nSPS) is 10.5. The summed E-state index contributed by atoms with van der Waals surface area (Å²) in [5.74, 6) is 0.0342. The van der Waals surface area contributed by atoms with Crippen molar-refractivity contribution >= 4 is 40.5 Å². The van der Waals surface area contributed by atoms with Gasteiger partial charge in [-0.3, -0.25) is 10.1 Å². The number of rotatable bonds is 3. The Labute approximate surface area is 134 Å². The molecule has 0 radical (unpaired) electrons. The number of hydrogen-bond acceptors (Lipinski definition) is 5. The predicted molar refractivity (Wildman–Crippen MR) is 79.7 cm³/mol. The summed E-state index contributed by atoms with van der Waals surface area (Å²) < 4.78 is 5.46. The van der Waals surface area contributed by atoms with Crippen LogP contribution in [0.15, 0.2) is 12.1 Å². The summed E-state index contributed by atoms with van der Waals surface area (Å²) in [6, 6.07) is 2.37. The lowest BCUT2D eigenvalue weighted by molar-refractivity contribution is -0.385. The lowest BCUT2D eigenvalue weighted by atomic mass is 10.2. The van der Waals surface area contributed by atoms with Crippen LogP contribution >= 0.6 is 34.8 Å². The minimum Gasteiger partial charge on any atom is -0.430 e. The van der Waals surface area contributed by atoms with Crippen LogP contribution in [0.5, 0.6) is 11.6 Å². The topological polar surface area (TPSA) is 78.2 Å². The summed E-state index contributed by atoms with van der Waals surface area (Å²) in [6.07, 6.45) is 0. The predicted octanol–water partition coefficient (Wildman–Crippen LogP) is 4.75. The van der Waals surface area contributed by atoms with E-state index in [1.807, 2.05) is 0 Å². The highest BCUT2D eigenvalue weighted by Crippen LogP contribution is 2.38. The number of nitro groups is 1. The molecule has 2 rings (SSSR count). The maximum atomic E-state index is 11.0. The molecule has 9 heteroatoms. The molecule has 1 aromatic heterocycles. The van der Waals surface area contributed by atoms with Crippen molar-refractivity contribution < 1.29 is 9.66 Å². The van der Waals surface area contributed by atoms with Crippen molar-refractivity contribution in [1.82, 2.24) is 10.2 Å². The molecule has 21 heavy (non-hydrogen) atoms. The van der Waals surface area contributed by atoms with Gasteiger partial charge in [0, 0.05) is 17.7 Å². The van der Waals surface area contributed by atoms with Gasteiger partial charge in [0.1, 0.15) is 0 Å². The van der Waals surface area contributed by atoms with Crippen molar-refractivity contribution in [2.24, 2.45) is 0 Å². The minimum absolute atomic E-state index is 0.0609. The molecule has 0 fully saturated rings. The number of nitro benzene ring substituents is 1. The van der Waals surface area contributed by atoms with E-state index in [1.54, 1.807) is 13.8 Å². The number of halogens is 3. The third-order valence-electron chi connectivity index (χ3n) is 2.83. The van der Waals surface area contributed by atoms with E-state index in [4.69, 9.17) is 39.5 Å². The van der Waals surface area contributed by atoms with E-state index in [0.29, 0.717) is 11.1 Å². The second kappa shape index (κ2) is 6.01. The molecular weight excluding hydrogens is 341 g/mol. The summed E-state index contributed by atoms with van der Waals surface area (Å²) >= 11 is 17.5. The number of aromatic nitrogens is 2. The largest absolute Gasteiger partial charge is 0.430 e. The van der Waals surface area contributed by atoms with Gasteiger partial charge in [-0.05, 0) is 19.4 Å². The molecule has 0 spiro atoms. The van der Waals surface area contributed by atoms with Gasteiger partial charge in [-0.2, -0.15) is 0 Å². The van der Waals surface area contributed by atoms with Gasteiger partial charge in [0.05, 0.1) is 15.0 Å². The Morgan fingerprint density at radius 2 is 1.71 bits per heavy atom. The van der Waals surface area contributed by atoms with Gasteiger partial charge in [0.15, 0.2) is 5.15 Å². The molecule has 0 aliphatic carbocycles. The molecule has 0 bridgehead atoms. The lowest BCUT2D eigenvalue weighted by Gasteiger charge is -2.10. The standard InChI is InChI=1S/C12H8Cl3N3O3/c1-5-6(2)12(17-16-11(5)15)21-10-4-8(14)7(13)3-9(10)18(19)20/h3-4H,1-2H3.